The van der Waals surface area contributed by atoms with Crippen LogP contribution in [0.25, 0.3) is 16.1 Å². The minimum absolute atomic E-state index is 0.00615. The van der Waals surface area contributed by atoms with E-state index in [-0.39, 0.29) is 11.9 Å². The Hall–Kier alpha value is -2.57. The average Bonchev–Trinajstić information content (AvgIpc) is 3.39. The average molecular weight is 397 g/mol. The molecule has 7 heteroatoms. The van der Waals surface area contributed by atoms with E-state index < -0.39 is 0 Å². The van der Waals surface area contributed by atoms with Crippen LogP contribution >= 0.6 is 22.9 Å². The SMILES string of the molecule is CC1c2ccc(-c3cccs3)n2CCN1C(=O)c1cc2ccc(Cl)cn2n1. The molecule has 0 spiro atoms. The number of pyridine rings is 1. The smallest absolute Gasteiger partial charge is 0.275 e. The molecule has 1 amide bonds. The van der Waals surface area contributed by atoms with Gasteiger partial charge in [0.15, 0.2) is 5.69 Å². The van der Waals surface area contributed by atoms with Gasteiger partial charge < -0.3 is 9.47 Å². The third kappa shape index (κ3) is 2.67. The molecular formula is C20H17ClN4OS. The number of carbonyl (C=O) groups excluding carboxylic acids is 1. The number of fused-ring (bicyclic) bond motifs is 2. The molecule has 4 aromatic rings. The van der Waals surface area contributed by atoms with Gasteiger partial charge in [-0.05, 0) is 48.7 Å². The number of rotatable bonds is 2. The minimum atomic E-state index is -0.0487. The van der Waals surface area contributed by atoms with E-state index in [9.17, 15) is 4.79 Å². The van der Waals surface area contributed by atoms with Gasteiger partial charge in [-0.1, -0.05) is 17.7 Å². The summed E-state index contributed by atoms with van der Waals surface area (Å²) in [5, 5.41) is 7.10. The second kappa shape index (κ2) is 6.25. The highest BCUT2D eigenvalue weighted by molar-refractivity contribution is 7.13. The van der Waals surface area contributed by atoms with Crippen molar-refractivity contribution in [1.29, 1.82) is 0 Å². The maximum absolute atomic E-state index is 13.1. The molecule has 1 aliphatic rings. The van der Waals surface area contributed by atoms with Crippen molar-refractivity contribution in [2.45, 2.75) is 19.5 Å². The fraction of sp³-hybridized carbons (Fsp3) is 0.200. The first-order valence-electron chi connectivity index (χ1n) is 8.81. The van der Waals surface area contributed by atoms with E-state index >= 15 is 0 Å². The molecule has 0 radical (unpaired) electrons. The first-order valence-corrected chi connectivity index (χ1v) is 10.1. The standard InChI is InChI=1S/C20H17ClN4OS/c1-13-17-6-7-18(19-3-2-10-27-19)24(17)9-8-23(13)20(26)16-11-15-5-4-14(21)12-25(15)22-16/h2-7,10-13H,8-9H2,1H3. The number of thiophene rings is 1. The predicted octanol–water partition coefficient (Wildman–Crippen LogP) is 4.73. The lowest BCUT2D eigenvalue weighted by Crippen LogP contribution is -2.41. The van der Waals surface area contributed by atoms with Crippen LogP contribution in [0.2, 0.25) is 5.02 Å². The van der Waals surface area contributed by atoms with E-state index in [1.165, 1.54) is 10.6 Å². The van der Waals surface area contributed by atoms with Crippen molar-refractivity contribution in [2.24, 2.45) is 0 Å². The summed E-state index contributed by atoms with van der Waals surface area (Å²) in [7, 11) is 0. The summed E-state index contributed by atoms with van der Waals surface area (Å²) >= 11 is 7.76. The Morgan fingerprint density at radius 1 is 1.22 bits per heavy atom. The monoisotopic (exact) mass is 396 g/mol. The highest BCUT2D eigenvalue weighted by Crippen LogP contribution is 2.34. The van der Waals surface area contributed by atoms with E-state index in [4.69, 9.17) is 11.6 Å². The first-order chi connectivity index (χ1) is 13.1. The highest BCUT2D eigenvalue weighted by atomic mass is 35.5. The second-order valence-electron chi connectivity index (χ2n) is 6.69. The normalized spacial score (nSPS) is 16.7. The number of carbonyl (C=O) groups is 1. The Balaban J connectivity index is 1.47. The van der Waals surface area contributed by atoms with Crippen LogP contribution in [-0.4, -0.2) is 31.5 Å². The second-order valence-corrected chi connectivity index (χ2v) is 8.08. The lowest BCUT2D eigenvalue weighted by atomic mass is 10.1. The van der Waals surface area contributed by atoms with Gasteiger partial charge in [0.05, 0.1) is 27.2 Å². The van der Waals surface area contributed by atoms with E-state index in [2.05, 4.69) is 46.2 Å². The molecule has 0 bridgehead atoms. The quantitative estimate of drug-likeness (QED) is 0.491. The summed E-state index contributed by atoms with van der Waals surface area (Å²) in [6, 6.07) is 14.0. The first kappa shape index (κ1) is 16.6. The zero-order valence-corrected chi connectivity index (χ0v) is 16.2. The number of halogens is 1. The van der Waals surface area contributed by atoms with Gasteiger partial charge in [-0.25, -0.2) is 4.52 Å². The van der Waals surface area contributed by atoms with Crippen molar-refractivity contribution in [1.82, 2.24) is 19.1 Å². The number of hydrogen-bond acceptors (Lipinski definition) is 3. The summed E-state index contributed by atoms with van der Waals surface area (Å²) in [5.74, 6) is -0.0487. The van der Waals surface area contributed by atoms with Crippen LogP contribution in [0.15, 0.2) is 54.0 Å². The molecule has 4 aromatic heterocycles. The Morgan fingerprint density at radius 3 is 2.93 bits per heavy atom. The summed E-state index contributed by atoms with van der Waals surface area (Å²) in [5.41, 5.74) is 3.68. The van der Waals surface area contributed by atoms with Gasteiger partial charge in [0.2, 0.25) is 0 Å². The van der Waals surface area contributed by atoms with Gasteiger partial charge in [0.25, 0.3) is 5.91 Å². The topological polar surface area (TPSA) is 42.5 Å². The molecular weight excluding hydrogens is 380 g/mol. The third-order valence-electron chi connectivity index (χ3n) is 5.15. The molecule has 1 unspecified atom stereocenters. The predicted molar refractivity (Wildman–Crippen MR) is 107 cm³/mol. The molecule has 5 rings (SSSR count). The van der Waals surface area contributed by atoms with Gasteiger partial charge in [-0.15, -0.1) is 11.3 Å². The lowest BCUT2D eigenvalue weighted by Gasteiger charge is -2.35. The van der Waals surface area contributed by atoms with E-state index in [0.29, 0.717) is 17.3 Å². The fourth-order valence-corrected chi connectivity index (χ4v) is 4.70. The maximum Gasteiger partial charge on any atom is 0.275 e. The summed E-state index contributed by atoms with van der Waals surface area (Å²) in [6.45, 7) is 3.52. The zero-order valence-electron chi connectivity index (χ0n) is 14.7. The van der Waals surface area contributed by atoms with Crippen LogP contribution in [0.3, 0.4) is 0 Å². The minimum Gasteiger partial charge on any atom is -0.340 e. The van der Waals surface area contributed by atoms with Crippen LogP contribution in [0.5, 0.6) is 0 Å². The Bertz CT molecular complexity index is 1140. The molecule has 0 saturated carbocycles. The summed E-state index contributed by atoms with van der Waals surface area (Å²) in [6.07, 6.45) is 1.71. The Kier molecular flexibility index (Phi) is 3.84. The van der Waals surface area contributed by atoms with Crippen molar-refractivity contribution in [2.75, 3.05) is 6.54 Å². The molecule has 5 nitrogen and oxygen atoms in total. The van der Waals surface area contributed by atoms with Crippen LogP contribution in [-0.2, 0) is 6.54 Å². The van der Waals surface area contributed by atoms with E-state index in [1.807, 2.05) is 17.0 Å². The molecule has 0 aliphatic carbocycles. The molecule has 1 atom stereocenters. The zero-order chi connectivity index (χ0) is 18.5. The molecule has 0 aromatic carbocycles. The lowest BCUT2D eigenvalue weighted by molar-refractivity contribution is 0.0638. The molecule has 0 saturated heterocycles. The number of aromatic nitrogens is 3. The van der Waals surface area contributed by atoms with E-state index in [0.717, 1.165) is 17.8 Å². The molecule has 1 aliphatic heterocycles. The largest absolute Gasteiger partial charge is 0.340 e. The fourth-order valence-electron chi connectivity index (χ4n) is 3.79. The van der Waals surface area contributed by atoms with Gasteiger partial charge in [0.1, 0.15) is 0 Å². The number of amides is 1. The summed E-state index contributed by atoms with van der Waals surface area (Å²) < 4.78 is 3.98. The van der Waals surface area contributed by atoms with Crippen LogP contribution < -0.4 is 0 Å². The van der Waals surface area contributed by atoms with Gasteiger partial charge >= 0.3 is 0 Å². The van der Waals surface area contributed by atoms with Crippen molar-refractivity contribution < 1.29 is 4.79 Å². The van der Waals surface area contributed by atoms with Crippen LogP contribution in [0.1, 0.15) is 29.1 Å². The molecule has 136 valence electrons. The van der Waals surface area contributed by atoms with Crippen LogP contribution in [0, 0.1) is 0 Å². The maximum atomic E-state index is 13.1. The van der Waals surface area contributed by atoms with E-state index in [1.54, 1.807) is 28.1 Å². The molecule has 27 heavy (non-hydrogen) atoms. The molecule has 0 fully saturated rings. The van der Waals surface area contributed by atoms with Gasteiger partial charge in [-0.3, -0.25) is 4.79 Å². The number of nitrogens with zero attached hydrogens (tertiary/aromatic N) is 4. The Labute approximate surface area is 165 Å². The van der Waals surface area contributed by atoms with Crippen molar-refractivity contribution in [3.8, 4) is 10.6 Å². The van der Waals surface area contributed by atoms with Crippen molar-refractivity contribution >= 4 is 34.4 Å². The highest BCUT2D eigenvalue weighted by Gasteiger charge is 2.31. The third-order valence-corrected chi connectivity index (χ3v) is 6.27. The molecule has 5 heterocycles. The number of hydrogen-bond donors (Lipinski definition) is 0. The summed E-state index contributed by atoms with van der Waals surface area (Å²) in [4.78, 5) is 16.3. The van der Waals surface area contributed by atoms with Gasteiger partial charge in [-0.2, -0.15) is 5.10 Å². The van der Waals surface area contributed by atoms with Crippen molar-refractivity contribution in [3.63, 3.8) is 0 Å². The molecule has 0 N–H and O–H groups in total. The van der Waals surface area contributed by atoms with Gasteiger partial charge in [0, 0.05) is 25.0 Å². The van der Waals surface area contributed by atoms with Crippen molar-refractivity contribution in [3.05, 3.63) is 70.5 Å². The van der Waals surface area contributed by atoms with Crippen LogP contribution in [0.4, 0.5) is 0 Å². The Morgan fingerprint density at radius 2 is 2.11 bits per heavy atom.